The lowest BCUT2D eigenvalue weighted by Gasteiger charge is -2.31. The fourth-order valence-electron chi connectivity index (χ4n) is 16.5. The molecule has 2 fully saturated rings. The second-order valence-electron chi connectivity index (χ2n) is 37.9. The van der Waals surface area contributed by atoms with Crippen LogP contribution in [0.25, 0.3) is 0 Å². The van der Waals surface area contributed by atoms with Crippen LogP contribution in [0.4, 0.5) is 0 Å². The molecule has 6 unspecified atom stereocenters. The third-order valence-electron chi connectivity index (χ3n) is 23.1. The Balaban J connectivity index is 0.000000499. The van der Waals surface area contributed by atoms with E-state index in [9.17, 15) is 5.11 Å². The summed E-state index contributed by atoms with van der Waals surface area (Å²) in [6, 6.07) is 67.9. The third kappa shape index (κ3) is 46.6. The molecule has 1 saturated carbocycles. The second-order valence-corrected chi connectivity index (χ2v) is 37.9. The van der Waals surface area contributed by atoms with Crippen molar-refractivity contribution in [3.8, 4) is 40.2 Å². The summed E-state index contributed by atoms with van der Waals surface area (Å²) in [5.41, 5.74) is 9.56. The van der Waals surface area contributed by atoms with Crippen LogP contribution >= 0.6 is 0 Å². The molecule has 130 heavy (non-hydrogen) atoms. The molecule has 0 spiro atoms. The van der Waals surface area contributed by atoms with Gasteiger partial charge in [-0.25, -0.2) is 0 Å². The van der Waals surface area contributed by atoms with Gasteiger partial charge in [0.05, 0.1) is 87.4 Å². The summed E-state index contributed by atoms with van der Waals surface area (Å²) in [6.07, 6.45) is 16.2. The van der Waals surface area contributed by atoms with Crippen LogP contribution in [0.1, 0.15) is 284 Å². The number of likely N-dealkylation sites (tertiary alicyclic amines) is 1. The van der Waals surface area contributed by atoms with E-state index in [4.69, 9.17) is 47.4 Å². The van der Waals surface area contributed by atoms with Gasteiger partial charge in [-0.3, -0.25) is 4.90 Å². The van der Waals surface area contributed by atoms with E-state index >= 15 is 0 Å². The Hall–Kier alpha value is -7.96. The number of benzene rings is 8. The molecule has 15 nitrogen and oxygen atoms in total. The topological polar surface area (TPSA) is 134 Å². The third-order valence-corrected chi connectivity index (χ3v) is 23.1. The van der Waals surface area contributed by atoms with E-state index in [1.807, 2.05) is 136 Å². The fraction of sp³-hybridized carbons (Fsp3) is 0.583. The number of nitrogens with one attached hydrogen (secondary N) is 1. The van der Waals surface area contributed by atoms with Crippen molar-refractivity contribution in [2.75, 3.05) is 131 Å². The van der Waals surface area contributed by atoms with Crippen molar-refractivity contribution in [3.05, 3.63) is 245 Å². The standard InChI is InChI=1S/C18H29NO2.C15H25NO2.C14H23NO.C14H22O2.C12H19NO.C11H16O2.C11H16O.C10H20.C10H14/c1-15(2)18(16-9-5-6-10-17(16)20-3)21-14-13-19-11-7-4-8-12-19;1-12(2)15(18-11-10-16(3)4)13-8-6-7-9-14(13)17-5;1-6-15(4)14(11(2)3)12-9-7-8-10-13(12)16-5;1-5-10-16-14(11(2)3)12-8-6-7-9-13(12)15-4;1-9(2)12(13-3)10-7-5-6-8-11(10)14-4;1-8(2)11(12)9-6-4-5-7-10(9)13-3;1-9(2)8-10-6-4-5-7-11(10)12-3;2*1-9(2)8-10-6-4-3-5-7-10/h5-6,9-10,15,18H,4,7-8,11-14H2,1-3H3;6-9,12,15H,10-11H2,1-5H3;7-11,14H,6H2,1-5H3;6-9,11,14H,5,10H2,1-4H3;5-9,12-13H,1-4H3;4-8,11-12H,1-3H3;4-7,9H,8H2,1-3H3;9-10H,3-8H2,1-2H3;3-7,9H,8H2,1-2H3. The molecule has 730 valence electrons. The monoisotopic (exact) mass is 1800 g/mol. The zero-order chi connectivity index (χ0) is 96.9. The van der Waals surface area contributed by atoms with Crippen molar-refractivity contribution in [1.29, 1.82) is 0 Å². The van der Waals surface area contributed by atoms with Gasteiger partial charge in [-0.05, 0) is 199 Å². The summed E-state index contributed by atoms with van der Waals surface area (Å²) in [6.45, 7) is 51.7. The number of piperidine rings is 1. The molecule has 1 aliphatic carbocycles. The smallest absolute Gasteiger partial charge is 0.124 e. The number of para-hydroxylation sites is 7. The minimum Gasteiger partial charge on any atom is -0.496 e. The molecule has 2 N–H and O–H groups in total. The first-order chi connectivity index (χ1) is 62.3. The Kier molecular flexibility index (Phi) is 63.4. The normalized spacial score (nSPS) is 14.0. The summed E-state index contributed by atoms with van der Waals surface area (Å²) in [4.78, 5) is 7.01. The van der Waals surface area contributed by atoms with Gasteiger partial charge < -0.3 is 67.6 Å². The Labute approximate surface area is 794 Å². The molecule has 10 rings (SSSR count). The maximum atomic E-state index is 9.83. The van der Waals surface area contributed by atoms with Gasteiger partial charge in [0, 0.05) is 65.2 Å². The lowest BCUT2D eigenvalue weighted by Crippen LogP contribution is -2.33. The Morgan fingerprint density at radius 1 is 0.362 bits per heavy atom. The molecule has 0 aromatic heterocycles. The number of hydrogen-bond acceptors (Lipinski definition) is 15. The van der Waals surface area contributed by atoms with E-state index in [0.29, 0.717) is 47.6 Å². The average molecular weight is 1800 g/mol. The molecule has 0 amide bonds. The van der Waals surface area contributed by atoms with Crippen LogP contribution in [0.15, 0.2) is 200 Å². The van der Waals surface area contributed by atoms with Gasteiger partial charge in [-0.1, -0.05) is 335 Å². The molecular weight excluding hydrogens is 1610 g/mol. The van der Waals surface area contributed by atoms with Gasteiger partial charge in [-0.15, -0.1) is 0 Å². The predicted molar refractivity (Wildman–Crippen MR) is 553 cm³/mol. The maximum absolute atomic E-state index is 9.83. The van der Waals surface area contributed by atoms with Gasteiger partial charge in [0.1, 0.15) is 40.2 Å². The number of aliphatic hydroxyl groups is 1. The zero-order valence-electron chi connectivity index (χ0n) is 87.3. The first-order valence-corrected chi connectivity index (χ1v) is 49.0. The molecule has 1 heterocycles. The quantitative estimate of drug-likeness (QED) is 0.0378. The minimum atomic E-state index is -0.448. The maximum Gasteiger partial charge on any atom is 0.124 e. The van der Waals surface area contributed by atoms with E-state index in [1.54, 1.807) is 49.8 Å². The first-order valence-electron chi connectivity index (χ1n) is 49.0. The summed E-state index contributed by atoms with van der Waals surface area (Å²) in [5.74, 6) is 12.5. The second kappa shape index (κ2) is 69.8. The van der Waals surface area contributed by atoms with Crippen LogP contribution in [0.2, 0.25) is 0 Å². The number of aliphatic hydroxyl groups excluding tert-OH is 1. The summed E-state index contributed by atoms with van der Waals surface area (Å²) < 4.78 is 55.6. The van der Waals surface area contributed by atoms with Gasteiger partial charge in [0.15, 0.2) is 0 Å². The van der Waals surface area contributed by atoms with Gasteiger partial charge in [0.2, 0.25) is 0 Å². The van der Waals surface area contributed by atoms with Crippen LogP contribution < -0.4 is 38.5 Å². The predicted octanol–water partition coefficient (Wildman–Crippen LogP) is 28.4. The van der Waals surface area contributed by atoms with Crippen molar-refractivity contribution < 1.29 is 52.5 Å². The number of ether oxygens (including phenoxy) is 10. The lowest BCUT2D eigenvalue weighted by atomic mass is 9.84. The highest BCUT2D eigenvalue weighted by atomic mass is 16.5. The molecule has 2 aliphatic rings. The van der Waals surface area contributed by atoms with Crippen molar-refractivity contribution in [2.45, 2.75) is 252 Å². The Morgan fingerprint density at radius 3 is 1.08 bits per heavy atom. The van der Waals surface area contributed by atoms with Crippen molar-refractivity contribution >= 4 is 0 Å². The highest BCUT2D eigenvalue weighted by Gasteiger charge is 2.26. The molecule has 6 atom stereocenters. The number of rotatable bonds is 39. The molecule has 8 aromatic rings. The SMILES string of the molecule is CC(C)CC1CCCCC1.CC(C)Cc1ccccc1.CCCOC(c1ccccc1OC)C(C)C.CCN(C)C(c1ccccc1OC)C(C)C.CNC(c1ccccc1OC)C(C)C.COc1ccccc1C(O)C(C)C.COc1ccccc1C(OCCN(C)C)C(C)C.COc1ccccc1C(OCCN1CCCCC1)C(C)C.COc1ccccc1CC(C)C. The van der Waals surface area contributed by atoms with E-state index < -0.39 is 6.10 Å². The van der Waals surface area contributed by atoms with E-state index in [-0.39, 0.29) is 24.2 Å². The van der Waals surface area contributed by atoms with Crippen LogP contribution in [-0.4, -0.2) is 150 Å². The molecule has 0 bridgehead atoms. The molecule has 0 radical (unpaired) electrons. The highest BCUT2D eigenvalue weighted by Crippen LogP contribution is 2.39. The van der Waals surface area contributed by atoms with E-state index in [1.165, 1.54) is 99.6 Å². The van der Waals surface area contributed by atoms with Gasteiger partial charge in [0.25, 0.3) is 0 Å². The lowest BCUT2D eigenvalue weighted by molar-refractivity contribution is 0.00567. The summed E-state index contributed by atoms with van der Waals surface area (Å²) in [5, 5.41) is 13.1. The number of nitrogens with zero attached hydrogens (tertiary/aromatic N) is 3. The van der Waals surface area contributed by atoms with Crippen LogP contribution in [0.3, 0.4) is 0 Å². The zero-order valence-corrected chi connectivity index (χ0v) is 87.3. The number of likely N-dealkylation sites (N-methyl/N-ethyl adjacent to an activating group) is 1. The summed E-state index contributed by atoms with van der Waals surface area (Å²) in [7, 11) is 20.2. The highest BCUT2D eigenvalue weighted by molar-refractivity contribution is 5.41. The van der Waals surface area contributed by atoms with Gasteiger partial charge >= 0.3 is 0 Å². The largest absolute Gasteiger partial charge is 0.496 e. The fourth-order valence-corrected chi connectivity index (χ4v) is 16.5. The van der Waals surface area contributed by atoms with Crippen LogP contribution in [0, 0.1) is 59.2 Å². The van der Waals surface area contributed by atoms with Crippen molar-refractivity contribution in [3.63, 3.8) is 0 Å². The van der Waals surface area contributed by atoms with Crippen LogP contribution in [0.5, 0.6) is 40.2 Å². The molecule has 15 heteroatoms. The first kappa shape index (κ1) is 118. The van der Waals surface area contributed by atoms with E-state index in [0.717, 1.165) is 133 Å². The number of methoxy groups -OCH3 is 7. The minimum absolute atomic E-state index is 0.0844. The molecular formula is C115H184N4O11. The average Bonchev–Trinajstić information content (AvgIpc) is 0.824. The van der Waals surface area contributed by atoms with Crippen molar-refractivity contribution in [2.24, 2.45) is 59.2 Å². The Bertz CT molecular complexity index is 4060. The van der Waals surface area contributed by atoms with Gasteiger partial charge in [-0.2, -0.15) is 0 Å². The van der Waals surface area contributed by atoms with Crippen LogP contribution in [-0.2, 0) is 27.1 Å². The number of hydrogen-bond donors (Lipinski definition) is 2. The Morgan fingerprint density at radius 2 is 0.715 bits per heavy atom. The molecule has 1 saturated heterocycles. The van der Waals surface area contributed by atoms with E-state index in [2.05, 4.69) is 251 Å². The van der Waals surface area contributed by atoms with Crippen molar-refractivity contribution in [1.82, 2.24) is 20.0 Å². The summed E-state index contributed by atoms with van der Waals surface area (Å²) >= 11 is 0. The molecule has 1 aliphatic heterocycles. The molecule has 8 aromatic carbocycles.